The van der Waals surface area contributed by atoms with Gasteiger partial charge >= 0.3 is 148 Å². The van der Waals surface area contributed by atoms with Crippen LogP contribution in [0.1, 0.15) is 78.6 Å². The van der Waals surface area contributed by atoms with E-state index in [2.05, 4.69) is 42.1 Å². The molecule has 4 heteroatoms. The number of rotatable bonds is 11. The summed E-state index contributed by atoms with van der Waals surface area (Å²) in [4.78, 5) is 4.73. The van der Waals surface area contributed by atoms with Gasteiger partial charge < -0.3 is 0 Å². The minimum atomic E-state index is -0.592. The maximum absolute atomic E-state index is 4.73. The van der Waals surface area contributed by atoms with Gasteiger partial charge in [0.05, 0.1) is 0 Å². The average molecular weight is 465 g/mol. The van der Waals surface area contributed by atoms with Crippen LogP contribution in [0, 0.1) is 0 Å². The van der Waals surface area contributed by atoms with Crippen molar-refractivity contribution in [2.45, 2.75) is 82.0 Å². The Morgan fingerprint density at radius 2 is 1.55 bits per heavy atom. The molecule has 0 atom stereocenters. The number of nitrogens with zero attached hydrogens (tertiary/aromatic N) is 1. The molecule has 0 spiro atoms. The molecule has 1 nitrogen and oxygen atoms in total. The van der Waals surface area contributed by atoms with Crippen LogP contribution in [0.2, 0.25) is 3.43 Å². The fraction of sp³-hybridized carbons (Fsp3) is 0.812. The molecule has 0 unspecified atom stereocenters. The van der Waals surface area contributed by atoms with Crippen molar-refractivity contribution in [3.63, 3.8) is 0 Å². The number of aromatic nitrogens is 1. The summed E-state index contributed by atoms with van der Waals surface area (Å²) >= 11 is 4.83. The van der Waals surface area contributed by atoms with Crippen molar-refractivity contribution in [2.24, 2.45) is 0 Å². The quantitative estimate of drug-likeness (QED) is 0.368. The van der Waals surface area contributed by atoms with Gasteiger partial charge in [0, 0.05) is 0 Å². The van der Waals surface area contributed by atoms with E-state index in [4.69, 9.17) is 4.98 Å². The Balaban J connectivity index is 2.80. The van der Waals surface area contributed by atoms with Gasteiger partial charge in [-0.25, -0.2) is 0 Å². The summed E-state index contributed by atoms with van der Waals surface area (Å²) in [5.41, 5.74) is 0. The van der Waals surface area contributed by atoms with E-state index in [1.54, 1.807) is 0 Å². The molecule has 0 aliphatic heterocycles. The molecular formula is C16H28BrNSSn. The predicted octanol–water partition coefficient (Wildman–Crippen LogP) is 5.96. The molecular weight excluding hydrogens is 437 g/mol. The minimum absolute atomic E-state index is 0.592. The second-order valence-electron chi connectivity index (χ2n) is 5.69. The van der Waals surface area contributed by atoms with Crippen LogP contribution < -0.4 is 3.02 Å². The van der Waals surface area contributed by atoms with Gasteiger partial charge in [0.1, 0.15) is 0 Å². The molecule has 0 aromatic carbocycles. The van der Waals surface area contributed by atoms with Crippen LogP contribution >= 0.6 is 27.3 Å². The van der Waals surface area contributed by atoms with E-state index in [1.807, 2.05) is 11.3 Å². The molecule has 0 saturated heterocycles. The van der Waals surface area contributed by atoms with Gasteiger partial charge in [-0.05, 0) is 0 Å². The summed E-state index contributed by atoms with van der Waals surface area (Å²) in [6.07, 6.45) is 12.6. The number of halogens is 1. The van der Waals surface area contributed by atoms with Crippen LogP contribution in [-0.4, -0.2) is 26.1 Å². The Labute approximate surface area is 147 Å². The monoisotopic (exact) mass is 465 g/mol. The third-order valence-corrected chi connectivity index (χ3v) is 11.5. The summed E-state index contributed by atoms with van der Waals surface area (Å²) in [6.45, 7) is 6.99. The van der Waals surface area contributed by atoms with E-state index < -0.39 is 21.1 Å². The van der Waals surface area contributed by atoms with Crippen LogP contribution in [0.25, 0.3) is 0 Å². The van der Waals surface area contributed by atoms with Crippen molar-refractivity contribution < 1.29 is 0 Å². The summed E-state index contributed by atoms with van der Waals surface area (Å²) in [5, 5.41) is 2.17. The summed E-state index contributed by atoms with van der Waals surface area (Å²) in [5.74, 6) is 0. The molecule has 1 heterocycles. The van der Waals surface area contributed by atoms with Crippen LogP contribution in [-0.2, 0) is 0 Å². The molecule has 2 radical (unpaired) electrons. The fourth-order valence-corrected chi connectivity index (χ4v) is 11.0. The molecule has 0 aliphatic carbocycles. The topological polar surface area (TPSA) is 12.9 Å². The molecule has 20 heavy (non-hydrogen) atoms. The Kier molecular flexibility index (Phi) is 10.1. The molecule has 0 amide bonds. The molecule has 1 rings (SSSR count). The van der Waals surface area contributed by atoms with Gasteiger partial charge in [-0.1, -0.05) is 0 Å². The van der Waals surface area contributed by atoms with Crippen molar-refractivity contribution in [2.75, 3.05) is 0 Å². The van der Waals surface area contributed by atoms with Gasteiger partial charge in [0.15, 0.2) is 0 Å². The average Bonchev–Trinajstić information content (AvgIpc) is 2.85. The van der Waals surface area contributed by atoms with E-state index in [0.29, 0.717) is 3.43 Å². The van der Waals surface area contributed by atoms with Crippen LogP contribution in [0.5, 0.6) is 0 Å². The number of unbranched alkanes of at least 4 members (excludes halogenated alkanes) is 3. The van der Waals surface area contributed by atoms with Crippen molar-refractivity contribution in [3.8, 4) is 0 Å². The SMILES string of the molecule is CCCC[C](CCCC)(CCCC)[Sn][c]1nc(Br)cs1. The zero-order valence-corrected chi connectivity index (χ0v) is 18.4. The zero-order valence-electron chi connectivity index (χ0n) is 13.2. The fourth-order valence-electron chi connectivity index (χ4n) is 2.65. The molecule has 0 N–H and O–H groups in total. The van der Waals surface area contributed by atoms with E-state index in [1.165, 1.54) is 60.8 Å². The van der Waals surface area contributed by atoms with Gasteiger partial charge in [0.2, 0.25) is 0 Å². The Hall–Kier alpha value is 0.909. The maximum atomic E-state index is 4.73. The first-order valence-electron chi connectivity index (χ1n) is 8.05. The number of hydrogen-bond acceptors (Lipinski definition) is 2. The van der Waals surface area contributed by atoms with Gasteiger partial charge in [-0.3, -0.25) is 0 Å². The molecule has 0 saturated carbocycles. The molecule has 114 valence electrons. The van der Waals surface area contributed by atoms with E-state index in [-0.39, 0.29) is 0 Å². The third kappa shape index (κ3) is 6.78. The predicted molar refractivity (Wildman–Crippen MR) is 96.5 cm³/mol. The molecule has 0 fully saturated rings. The summed E-state index contributed by atoms with van der Waals surface area (Å²) in [7, 11) is 0. The Morgan fingerprint density at radius 1 is 1.05 bits per heavy atom. The zero-order chi connectivity index (χ0) is 14.8. The van der Waals surface area contributed by atoms with Crippen molar-refractivity contribution in [3.05, 3.63) is 9.98 Å². The molecule has 1 aromatic rings. The third-order valence-electron chi connectivity index (χ3n) is 3.87. The van der Waals surface area contributed by atoms with Crippen LogP contribution in [0.3, 0.4) is 0 Å². The van der Waals surface area contributed by atoms with Crippen LogP contribution in [0.15, 0.2) is 9.98 Å². The molecule has 1 aromatic heterocycles. The second-order valence-corrected chi connectivity index (χ2v) is 13.5. The number of hydrogen-bond donors (Lipinski definition) is 0. The summed E-state index contributed by atoms with van der Waals surface area (Å²) in [6, 6.07) is 0. The van der Waals surface area contributed by atoms with Crippen molar-refractivity contribution >= 4 is 51.4 Å². The Morgan fingerprint density at radius 3 is 1.90 bits per heavy atom. The first-order valence-corrected chi connectivity index (χ1v) is 12.6. The van der Waals surface area contributed by atoms with E-state index in [9.17, 15) is 0 Å². The van der Waals surface area contributed by atoms with Crippen molar-refractivity contribution in [1.29, 1.82) is 0 Å². The molecule has 0 bridgehead atoms. The van der Waals surface area contributed by atoms with Gasteiger partial charge in [0.25, 0.3) is 0 Å². The molecule has 0 aliphatic rings. The van der Waals surface area contributed by atoms with Crippen molar-refractivity contribution in [1.82, 2.24) is 4.98 Å². The second kappa shape index (κ2) is 10.6. The normalized spacial score (nSPS) is 12.0. The standard InChI is InChI=1S/C13H27.C3HBrNS.Sn/c1-4-7-10-13(11-8-5-2)12-9-6-3;4-3-1-6-2-5-3;/h4-12H2,1-3H3;1H;. The number of thiazole rings is 1. The van der Waals surface area contributed by atoms with Crippen LogP contribution in [0.4, 0.5) is 0 Å². The summed E-state index contributed by atoms with van der Waals surface area (Å²) < 4.78 is 3.21. The first kappa shape index (κ1) is 19.0. The van der Waals surface area contributed by atoms with Gasteiger partial charge in [-0.2, -0.15) is 0 Å². The van der Waals surface area contributed by atoms with Gasteiger partial charge in [-0.15, -0.1) is 0 Å². The van der Waals surface area contributed by atoms with E-state index >= 15 is 0 Å². The Bertz CT molecular complexity index is 345. The first-order chi connectivity index (χ1) is 9.65. The van der Waals surface area contributed by atoms with E-state index in [0.717, 1.165) is 4.60 Å².